The summed E-state index contributed by atoms with van der Waals surface area (Å²) < 4.78 is 5.64. The molecule has 1 aromatic carbocycles. The maximum atomic E-state index is 12.1. The molecule has 0 spiro atoms. The molecule has 3 unspecified atom stereocenters. The van der Waals surface area contributed by atoms with Crippen LogP contribution in [0, 0.1) is 5.92 Å². The predicted molar refractivity (Wildman–Crippen MR) is 76.1 cm³/mol. The average Bonchev–Trinajstić information content (AvgIpc) is 2.42. The minimum absolute atomic E-state index is 0.0115. The number of nitrogens with one attached hydrogen (secondary N) is 1. The summed E-state index contributed by atoms with van der Waals surface area (Å²) in [6, 6.07) is 9.79. The summed E-state index contributed by atoms with van der Waals surface area (Å²) in [4.78, 5) is 12.1. The number of para-hydroxylation sites is 1. The van der Waals surface area contributed by atoms with E-state index in [1.54, 1.807) is 6.92 Å². The summed E-state index contributed by atoms with van der Waals surface area (Å²) in [6.45, 7) is 4.02. The molecule has 19 heavy (non-hydrogen) atoms. The van der Waals surface area contributed by atoms with Gasteiger partial charge in [-0.3, -0.25) is 4.79 Å². The van der Waals surface area contributed by atoms with E-state index in [1.165, 1.54) is 19.3 Å². The summed E-state index contributed by atoms with van der Waals surface area (Å²) in [5.74, 6) is 1.30. The molecule has 1 saturated carbocycles. The maximum absolute atomic E-state index is 12.1. The van der Waals surface area contributed by atoms with Crippen LogP contribution >= 0.6 is 0 Å². The van der Waals surface area contributed by atoms with Crippen LogP contribution in [0.5, 0.6) is 5.75 Å². The van der Waals surface area contributed by atoms with Crippen molar-refractivity contribution in [3.8, 4) is 5.75 Å². The summed E-state index contributed by atoms with van der Waals surface area (Å²) in [5.41, 5.74) is 0. The van der Waals surface area contributed by atoms with Gasteiger partial charge in [0.05, 0.1) is 0 Å². The van der Waals surface area contributed by atoms with Gasteiger partial charge >= 0.3 is 0 Å². The standard InChI is InChI=1S/C16H23NO2/c1-12-8-6-7-11-15(12)17-16(18)13(2)19-14-9-4-3-5-10-14/h3-5,9-10,12-13,15H,6-8,11H2,1-2H3,(H,17,18). The van der Waals surface area contributed by atoms with Crippen LogP contribution in [0.15, 0.2) is 30.3 Å². The molecule has 0 radical (unpaired) electrons. The first-order valence-corrected chi connectivity index (χ1v) is 7.19. The number of hydrogen-bond acceptors (Lipinski definition) is 2. The van der Waals surface area contributed by atoms with Crippen molar-refractivity contribution in [1.29, 1.82) is 0 Å². The van der Waals surface area contributed by atoms with Crippen LogP contribution < -0.4 is 10.1 Å². The molecule has 1 N–H and O–H groups in total. The summed E-state index contributed by atoms with van der Waals surface area (Å²) >= 11 is 0. The normalized spacial score (nSPS) is 24.5. The van der Waals surface area contributed by atoms with Crippen molar-refractivity contribution in [2.24, 2.45) is 5.92 Å². The second kappa shape index (κ2) is 6.60. The number of hydrogen-bond donors (Lipinski definition) is 1. The second-order valence-electron chi connectivity index (χ2n) is 5.45. The third-order valence-electron chi connectivity index (χ3n) is 3.86. The maximum Gasteiger partial charge on any atom is 0.261 e. The Morgan fingerprint density at radius 1 is 1.26 bits per heavy atom. The molecular weight excluding hydrogens is 238 g/mol. The van der Waals surface area contributed by atoms with Gasteiger partial charge in [0.1, 0.15) is 5.75 Å². The van der Waals surface area contributed by atoms with Crippen molar-refractivity contribution in [2.45, 2.75) is 51.7 Å². The van der Waals surface area contributed by atoms with Gasteiger partial charge in [0.2, 0.25) is 0 Å². The predicted octanol–water partition coefficient (Wildman–Crippen LogP) is 3.15. The molecule has 1 fully saturated rings. The van der Waals surface area contributed by atoms with Crippen molar-refractivity contribution in [3.05, 3.63) is 30.3 Å². The Morgan fingerprint density at radius 2 is 1.95 bits per heavy atom. The molecule has 1 aromatic rings. The molecule has 3 nitrogen and oxygen atoms in total. The summed E-state index contributed by atoms with van der Waals surface area (Å²) in [7, 11) is 0. The Hall–Kier alpha value is -1.51. The van der Waals surface area contributed by atoms with E-state index in [0.29, 0.717) is 12.0 Å². The Kier molecular flexibility index (Phi) is 4.83. The molecule has 104 valence electrons. The van der Waals surface area contributed by atoms with Gasteiger partial charge in [0.25, 0.3) is 5.91 Å². The van der Waals surface area contributed by atoms with E-state index in [4.69, 9.17) is 4.74 Å². The molecule has 0 saturated heterocycles. The fourth-order valence-corrected chi connectivity index (χ4v) is 2.59. The first-order valence-electron chi connectivity index (χ1n) is 7.19. The Labute approximate surface area is 115 Å². The highest BCUT2D eigenvalue weighted by molar-refractivity contribution is 5.81. The van der Waals surface area contributed by atoms with Gasteiger partial charge in [0, 0.05) is 6.04 Å². The van der Waals surface area contributed by atoms with Crippen molar-refractivity contribution in [1.82, 2.24) is 5.32 Å². The number of carbonyl (C=O) groups is 1. The van der Waals surface area contributed by atoms with E-state index >= 15 is 0 Å². The van der Waals surface area contributed by atoms with Crippen LogP contribution in [0.1, 0.15) is 39.5 Å². The smallest absolute Gasteiger partial charge is 0.261 e. The highest BCUT2D eigenvalue weighted by Gasteiger charge is 2.25. The van der Waals surface area contributed by atoms with Gasteiger partial charge in [-0.2, -0.15) is 0 Å². The Morgan fingerprint density at radius 3 is 2.63 bits per heavy atom. The van der Waals surface area contributed by atoms with E-state index in [1.807, 2.05) is 30.3 Å². The minimum Gasteiger partial charge on any atom is -0.481 e. The summed E-state index contributed by atoms with van der Waals surface area (Å²) in [5, 5.41) is 3.12. The molecule has 3 atom stereocenters. The molecule has 0 aromatic heterocycles. The lowest BCUT2D eigenvalue weighted by Gasteiger charge is -2.30. The van der Waals surface area contributed by atoms with Gasteiger partial charge in [-0.25, -0.2) is 0 Å². The number of ether oxygens (including phenoxy) is 1. The molecule has 3 heteroatoms. The lowest BCUT2D eigenvalue weighted by molar-refractivity contribution is -0.128. The van der Waals surface area contributed by atoms with Crippen molar-refractivity contribution >= 4 is 5.91 Å². The SMILES string of the molecule is CC(Oc1ccccc1)C(=O)NC1CCCCC1C. The van der Waals surface area contributed by atoms with Gasteiger partial charge in [-0.1, -0.05) is 38.0 Å². The van der Waals surface area contributed by atoms with Crippen LogP contribution in [0.25, 0.3) is 0 Å². The van der Waals surface area contributed by atoms with Crippen molar-refractivity contribution < 1.29 is 9.53 Å². The quantitative estimate of drug-likeness (QED) is 0.904. The molecule has 0 bridgehead atoms. The molecular formula is C16H23NO2. The molecule has 0 heterocycles. The number of amides is 1. The van der Waals surface area contributed by atoms with Crippen LogP contribution in [0.4, 0.5) is 0 Å². The minimum atomic E-state index is -0.448. The summed E-state index contributed by atoms with van der Waals surface area (Å²) in [6.07, 6.45) is 4.34. The first-order chi connectivity index (χ1) is 9.16. The number of carbonyl (C=O) groups excluding carboxylic acids is 1. The molecule has 1 aliphatic rings. The Bertz CT molecular complexity index is 404. The first kappa shape index (κ1) is 13.9. The van der Waals surface area contributed by atoms with Gasteiger partial charge in [-0.15, -0.1) is 0 Å². The molecule has 0 aliphatic heterocycles. The zero-order valence-corrected chi connectivity index (χ0v) is 11.8. The van der Waals surface area contributed by atoms with E-state index < -0.39 is 6.10 Å². The zero-order valence-electron chi connectivity index (χ0n) is 11.8. The van der Waals surface area contributed by atoms with Gasteiger partial charge in [0.15, 0.2) is 6.10 Å². The largest absolute Gasteiger partial charge is 0.481 e. The zero-order chi connectivity index (χ0) is 13.7. The van der Waals surface area contributed by atoms with E-state index in [-0.39, 0.29) is 5.91 Å². The topological polar surface area (TPSA) is 38.3 Å². The third kappa shape index (κ3) is 3.98. The average molecular weight is 261 g/mol. The Balaban J connectivity index is 1.85. The number of rotatable bonds is 4. The van der Waals surface area contributed by atoms with Crippen molar-refractivity contribution in [2.75, 3.05) is 0 Å². The van der Waals surface area contributed by atoms with Crippen LogP contribution in [0.3, 0.4) is 0 Å². The lowest BCUT2D eigenvalue weighted by atomic mass is 9.86. The van der Waals surface area contributed by atoms with Gasteiger partial charge < -0.3 is 10.1 Å². The van der Waals surface area contributed by atoms with Crippen LogP contribution in [-0.2, 0) is 4.79 Å². The van der Waals surface area contributed by atoms with Crippen LogP contribution in [-0.4, -0.2) is 18.1 Å². The third-order valence-corrected chi connectivity index (χ3v) is 3.86. The van der Waals surface area contributed by atoms with Crippen LogP contribution in [0.2, 0.25) is 0 Å². The van der Waals surface area contributed by atoms with E-state index in [0.717, 1.165) is 12.2 Å². The number of benzene rings is 1. The molecule has 1 aliphatic carbocycles. The molecule has 2 rings (SSSR count). The lowest BCUT2D eigenvalue weighted by Crippen LogP contribution is -2.46. The highest BCUT2D eigenvalue weighted by atomic mass is 16.5. The fraction of sp³-hybridized carbons (Fsp3) is 0.562. The second-order valence-corrected chi connectivity index (χ2v) is 5.45. The molecule has 1 amide bonds. The van der Waals surface area contributed by atoms with E-state index in [2.05, 4.69) is 12.2 Å². The fourth-order valence-electron chi connectivity index (χ4n) is 2.59. The monoisotopic (exact) mass is 261 g/mol. The van der Waals surface area contributed by atoms with Crippen molar-refractivity contribution in [3.63, 3.8) is 0 Å². The van der Waals surface area contributed by atoms with E-state index in [9.17, 15) is 4.79 Å². The highest BCUT2D eigenvalue weighted by Crippen LogP contribution is 2.23. The van der Waals surface area contributed by atoms with Gasteiger partial charge in [-0.05, 0) is 37.8 Å².